The number of aryl methyl sites for hydroxylation is 2. The molecule has 1 aliphatic carbocycles. The van der Waals surface area contributed by atoms with Gasteiger partial charge < -0.3 is 9.88 Å². The zero-order valence-electron chi connectivity index (χ0n) is 15.7. The summed E-state index contributed by atoms with van der Waals surface area (Å²) in [4.78, 5) is 40.7. The van der Waals surface area contributed by atoms with Crippen molar-refractivity contribution in [2.24, 2.45) is 20.0 Å². The fourth-order valence-electron chi connectivity index (χ4n) is 3.84. The summed E-state index contributed by atoms with van der Waals surface area (Å²) in [6.07, 6.45) is 7.13. The third kappa shape index (κ3) is 3.59. The number of carbonyl (C=O) groups is 1. The quantitative estimate of drug-likeness (QED) is 0.857. The second kappa shape index (κ2) is 7.47. The van der Waals surface area contributed by atoms with E-state index in [0.717, 1.165) is 17.4 Å². The summed E-state index contributed by atoms with van der Waals surface area (Å²) in [5.41, 5.74) is 0.0185. The van der Waals surface area contributed by atoms with Gasteiger partial charge >= 0.3 is 5.69 Å². The number of amides is 1. The van der Waals surface area contributed by atoms with Gasteiger partial charge in [0.05, 0.1) is 6.33 Å². The van der Waals surface area contributed by atoms with Gasteiger partial charge in [-0.15, -0.1) is 0 Å². The van der Waals surface area contributed by atoms with Gasteiger partial charge in [-0.05, 0) is 25.2 Å². The van der Waals surface area contributed by atoms with Gasteiger partial charge in [-0.25, -0.2) is 9.78 Å². The molecule has 0 aromatic carbocycles. The maximum absolute atomic E-state index is 12.4. The van der Waals surface area contributed by atoms with Crippen LogP contribution >= 0.6 is 0 Å². The Hall–Kier alpha value is -2.38. The van der Waals surface area contributed by atoms with Crippen LogP contribution < -0.4 is 16.6 Å². The van der Waals surface area contributed by atoms with Gasteiger partial charge in [-0.2, -0.15) is 0 Å². The Morgan fingerprint density at radius 3 is 2.77 bits per heavy atom. The number of hydrogen-bond acceptors (Lipinski definition) is 4. The van der Waals surface area contributed by atoms with Crippen molar-refractivity contribution in [3.05, 3.63) is 27.2 Å². The zero-order chi connectivity index (χ0) is 18.8. The lowest BCUT2D eigenvalue weighted by Crippen LogP contribution is -2.38. The Morgan fingerprint density at radius 2 is 2.04 bits per heavy atom. The van der Waals surface area contributed by atoms with Crippen LogP contribution in [0.1, 0.15) is 45.4 Å². The molecule has 0 aliphatic heterocycles. The van der Waals surface area contributed by atoms with E-state index in [1.165, 1.54) is 24.5 Å². The minimum atomic E-state index is -0.395. The summed E-state index contributed by atoms with van der Waals surface area (Å²) >= 11 is 0. The summed E-state index contributed by atoms with van der Waals surface area (Å²) in [5.74, 6) is 0.739. The summed E-state index contributed by atoms with van der Waals surface area (Å²) in [7, 11) is 3.06. The number of rotatable bonds is 5. The van der Waals surface area contributed by atoms with Crippen molar-refractivity contribution in [2.75, 3.05) is 0 Å². The van der Waals surface area contributed by atoms with E-state index in [4.69, 9.17) is 0 Å². The molecule has 2 heterocycles. The fourth-order valence-corrected chi connectivity index (χ4v) is 3.84. The van der Waals surface area contributed by atoms with Gasteiger partial charge in [0.1, 0.15) is 0 Å². The molecule has 1 amide bonds. The first kappa shape index (κ1) is 18.4. The molecule has 2 atom stereocenters. The lowest BCUT2D eigenvalue weighted by atomic mass is 9.87. The van der Waals surface area contributed by atoms with Gasteiger partial charge in [0.15, 0.2) is 11.2 Å². The lowest BCUT2D eigenvalue weighted by Gasteiger charge is -2.27. The summed E-state index contributed by atoms with van der Waals surface area (Å²) in [6, 6.07) is 0.294. The van der Waals surface area contributed by atoms with E-state index in [2.05, 4.69) is 17.2 Å². The van der Waals surface area contributed by atoms with E-state index in [-0.39, 0.29) is 11.5 Å². The highest BCUT2D eigenvalue weighted by molar-refractivity contribution is 5.76. The van der Waals surface area contributed by atoms with Crippen molar-refractivity contribution in [3.8, 4) is 0 Å². The molecule has 1 N–H and O–H groups in total. The van der Waals surface area contributed by atoms with Crippen molar-refractivity contribution in [1.29, 1.82) is 0 Å². The van der Waals surface area contributed by atoms with E-state index in [1.807, 2.05) is 0 Å². The van der Waals surface area contributed by atoms with Crippen LogP contribution in [0.5, 0.6) is 0 Å². The summed E-state index contributed by atoms with van der Waals surface area (Å²) in [6.45, 7) is 2.74. The molecular formula is C18H27N5O3. The third-order valence-corrected chi connectivity index (χ3v) is 5.32. The van der Waals surface area contributed by atoms with Gasteiger partial charge in [0, 0.05) is 33.1 Å². The van der Waals surface area contributed by atoms with Crippen LogP contribution in [0.4, 0.5) is 0 Å². The van der Waals surface area contributed by atoms with E-state index in [1.54, 1.807) is 17.9 Å². The first-order valence-corrected chi connectivity index (χ1v) is 9.28. The molecule has 8 nitrogen and oxygen atoms in total. The zero-order valence-corrected chi connectivity index (χ0v) is 15.7. The molecule has 2 aromatic rings. The first-order valence-electron chi connectivity index (χ1n) is 9.28. The maximum atomic E-state index is 12.4. The van der Waals surface area contributed by atoms with E-state index in [9.17, 15) is 14.4 Å². The molecule has 0 bridgehead atoms. The number of aromatic nitrogens is 4. The minimum Gasteiger partial charge on any atom is -0.353 e. The van der Waals surface area contributed by atoms with Crippen molar-refractivity contribution in [1.82, 2.24) is 24.0 Å². The number of nitrogens with one attached hydrogen (secondary N) is 1. The van der Waals surface area contributed by atoms with Crippen LogP contribution in [0.15, 0.2) is 15.9 Å². The van der Waals surface area contributed by atoms with E-state index in [0.29, 0.717) is 42.5 Å². The molecule has 0 radical (unpaired) electrons. The molecule has 3 rings (SSSR count). The molecule has 0 spiro atoms. The van der Waals surface area contributed by atoms with Crippen LogP contribution in [-0.4, -0.2) is 30.6 Å². The predicted octanol–water partition coefficient (Wildman–Crippen LogP) is 0.909. The fraction of sp³-hybridized carbons (Fsp3) is 0.667. The molecule has 1 fully saturated rings. The Kier molecular flexibility index (Phi) is 5.29. The summed E-state index contributed by atoms with van der Waals surface area (Å²) in [5, 5.41) is 3.13. The highest BCUT2D eigenvalue weighted by atomic mass is 16.2. The van der Waals surface area contributed by atoms with Crippen molar-refractivity contribution in [2.45, 2.75) is 58.0 Å². The number of fused-ring (bicyclic) bond motifs is 1. The van der Waals surface area contributed by atoms with Crippen molar-refractivity contribution in [3.63, 3.8) is 0 Å². The average molecular weight is 361 g/mol. The lowest BCUT2D eigenvalue weighted by molar-refractivity contribution is -0.122. The molecule has 2 aromatic heterocycles. The molecule has 142 valence electrons. The van der Waals surface area contributed by atoms with Crippen LogP contribution in [0.3, 0.4) is 0 Å². The van der Waals surface area contributed by atoms with Crippen LogP contribution in [0, 0.1) is 5.92 Å². The Labute approximate surface area is 151 Å². The molecule has 1 aliphatic rings. The smallest absolute Gasteiger partial charge is 0.332 e. The van der Waals surface area contributed by atoms with E-state index < -0.39 is 5.69 Å². The van der Waals surface area contributed by atoms with Crippen molar-refractivity contribution < 1.29 is 4.79 Å². The van der Waals surface area contributed by atoms with Gasteiger partial charge in [-0.3, -0.25) is 18.7 Å². The van der Waals surface area contributed by atoms with Crippen LogP contribution in [0.2, 0.25) is 0 Å². The second-order valence-corrected chi connectivity index (χ2v) is 7.46. The Balaban J connectivity index is 1.63. The number of hydrogen-bond donors (Lipinski definition) is 1. The molecule has 8 heteroatoms. The van der Waals surface area contributed by atoms with Gasteiger partial charge in [-0.1, -0.05) is 19.8 Å². The molecule has 2 unspecified atom stereocenters. The molecule has 1 saturated carbocycles. The Bertz CT molecular complexity index is 923. The summed E-state index contributed by atoms with van der Waals surface area (Å²) < 4.78 is 4.18. The normalized spacial score (nSPS) is 20.4. The molecule has 26 heavy (non-hydrogen) atoms. The monoisotopic (exact) mass is 361 g/mol. The topological polar surface area (TPSA) is 90.9 Å². The maximum Gasteiger partial charge on any atom is 0.332 e. The largest absolute Gasteiger partial charge is 0.353 e. The SMILES string of the molecule is CC1CCCC(NC(=O)CCCn2cnc3c2c(=O)n(C)c(=O)n3C)C1. The van der Waals surface area contributed by atoms with Crippen LogP contribution in [0.25, 0.3) is 11.2 Å². The highest BCUT2D eigenvalue weighted by Crippen LogP contribution is 2.23. The molecular weight excluding hydrogens is 334 g/mol. The number of nitrogens with zero attached hydrogens (tertiary/aromatic N) is 4. The standard InChI is InChI=1S/C18H27N5O3/c1-12-6-4-7-13(10-12)20-14(24)8-5-9-23-11-19-16-15(23)17(25)22(3)18(26)21(16)2/h11-13H,4-10H2,1-3H3,(H,20,24). The predicted molar refractivity (Wildman–Crippen MR) is 99.0 cm³/mol. The van der Waals surface area contributed by atoms with Crippen molar-refractivity contribution >= 4 is 17.1 Å². The first-order chi connectivity index (χ1) is 12.4. The number of carbonyl (C=O) groups excluding carboxylic acids is 1. The highest BCUT2D eigenvalue weighted by Gasteiger charge is 2.20. The average Bonchev–Trinajstić information content (AvgIpc) is 3.02. The van der Waals surface area contributed by atoms with Crippen LogP contribution in [-0.2, 0) is 25.4 Å². The minimum absolute atomic E-state index is 0.0637. The molecule has 0 saturated heterocycles. The second-order valence-electron chi connectivity index (χ2n) is 7.46. The number of imidazole rings is 1. The van der Waals surface area contributed by atoms with E-state index >= 15 is 0 Å². The Morgan fingerprint density at radius 1 is 1.27 bits per heavy atom. The van der Waals surface area contributed by atoms with Gasteiger partial charge in [0.2, 0.25) is 5.91 Å². The van der Waals surface area contributed by atoms with Gasteiger partial charge in [0.25, 0.3) is 5.56 Å². The third-order valence-electron chi connectivity index (χ3n) is 5.32.